The molecule has 0 aromatic carbocycles. The molecular formula is C12H17NO2S. The van der Waals surface area contributed by atoms with Crippen LogP contribution in [0.25, 0.3) is 0 Å². The molecule has 0 saturated heterocycles. The Bertz CT molecular complexity index is 380. The van der Waals surface area contributed by atoms with Crippen LogP contribution >= 0.6 is 11.3 Å². The van der Waals surface area contributed by atoms with Gasteiger partial charge in [0.1, 0.15) is 10.5 Å². The van der Waals surface area contributed by atoms with Crippen LogP contribution in [0.5, 0.6) is 0 Å². The quantitative estimate of drug-likeness (QED) is 0.764. The second-order valence-corrected chi connectivity index (χ2v) is 6.12. The molecule has 0 unspecified atom stereocenters. The first kappa shape index (κ1) is 11.6. The molecule has 1 N–H and O–H groups in total. The highest BCUT2D eigenvalue weighted by Crippen LogP contribution is 2.26. The molecule has 0 spiro atoms. The maximum atomic E-state index is 11.8. The number of nitrogens with one attached hydrogen (secondary N) is 1. The van der Waals surface area contributed by atoms with Crippen molar-refractivity contribution >= 4 is 17.3 Å². The summed E-state index contributed by atoms with van der Waals surface area (Å²) in [7, 11) is 0. The summed E-state index contributed by atoms with van der Waals surface area (Å²) in [4.78, 5) is 13.9. The fraction of sp³-hybridized carbons (Fsp3) is 0.583. The number of esters is 1. The van der Waals surface area contributed by atoms with Crippen molar-refractivity contribution in [3.8, 4) is 0 Å². The molecule has 88 valence electrons. The van der Waals surface area contributed by atoms with Crippen molar-refractivity contribution in [2.75, 3.05) is 6.54 Å². The van der Waals surface area contributed by atoms with Gasteiger partial charge in [-0.15, -0.1) is 11.3 Å². The van der Waals surface area contributed by atoms with Crippen molar-refractivity contribution in [1.82, 2.24) is 5.32 Å². The highest BCUT2D eigenvalue weighted by Gasteiger charge is 2.22. The Morgan fingerprint density at radius 2 is 2.25 bits per heavy atom. The van der Waals surface area contributed by atoms with Crippen LogP contribution in [-0.2, 0) is 17.7 Å². The molecular weight excluding hydrogens is 222 g/mol. The summed E-state index contributed by atoms with van der Waals surface area (Å²) >= 11 is 1.57. The van der Waals surface area contributed by atoms with E-state index < -0.39 is 5.60 Å². The number of thiophene rings is 1. The molecule has 0 aliphatic carbocycles. The van der Waals surface area contributed by atoms with Gasteiger partial charge in [-0.1, -0.05) is 0 Å². The van der Waals surface area contributed by atoms with E-state index in [4.69, 9.17) is 4.74 Å². The van der Waals surface area contributed by atoms with Crippen LogP contribution in [0.2, 0.25) is 0 Å². The monoisotopic (exact) mass is 239 g/mol. The molecule has 0 saturated carbocycles. The van der Waals surface area contributed by atoms with Crippen LogP contribution in [0.3, 0.4) is 0 Å². The van der Waals surface area contributed by atoms with Crippen molar-refractivity contribution in [3.63, 3.8) is 0 Å². The molecule has 0 amide bonds. The van der Waals surface area contributed by atoms with Crippen molar-refractivity contribution in [1.29, 1.82) is 0 Å². The minimum Gasteiger partial charge on any atom is -0.456 e. The van der Waals surface area contributed by atoms with Crippen LogP contribution < -0.4 is 5.32 Å². The van der Waals surface area contributed by atoms with Gasteiger partial charge in [0.2, 0.25) is 0 Å². The van der Waals surface area contributed by atoms with Gasteiger partial charge in [-0.3, -0.25) is 0 Å². The van der Waals surface area contributed by atoms with Gasteiger partial charge in [-0.05, 0) is 38.8 Å². The molecule has 4 heteroatoms. The number of fused-ring (bicyclic) bond motifs is 1. The van der Waals surface area contributed by atoms with E-state index in [1.54, 1.807) is 11.3 Å². The third kappa shape index (κ3) is 2.62. The van der Waals surface area contributed by atoms with Gasteiger partial charge >= 0.3 is 5.97 Å². The Morgan fingerprint density at radius 1 is 1.50 bits per heavy atom. The number of hydrogen-bond acceptors (Lipinski definition) is 4. The van der Waals surface area contributed by atoms with E-state index in [-0.39, 0.29) is 5.97 Å². The number of hydrogen-bond donors (Lipinski definition) is 1. The summed E-state index contributed by atoms with van der Waals surface area (Å²) in [5, 5.41) is 3.30. The predicted octanol–water partition coefficient (Wildman–Crippen LogP) is 2.35. The lowest BCUT2D eigenvalue weighted by molar-refractivity contribution is 0.00752. The molecule has 1 aromatic rings. The smallest absolute Gasteiger partial charge is 0.348 e. The van der Waals surface area contributed by atoms with Gasteiger partial charge in [0.15, 0.2) is 0 Å². The largest absolute Gasteiger partial charge is 0.456 e. The molecule has 0 atom stereocenters. The van der Waals surface area contributed by atoms with Crippen LogP contribution in [-0.4, -0.2) is 18.1 Å². The first-order chi connectivity index (χ1) is 7.46. The molecule has 0 fully saturated rings. The van der Waals surface area contributed by atoms with Gasteiger partial charge in [0.25, 0.3) is 0 Å². The maximum absolute atomic E-state index is 11.8. The molecule has 2 heterocycles. The third-order valence-corrected chi connectivity index (χ3v) is 3.56. The lowest BCUT2D eigenvalue weighted by atomic mass is 10.1. The van der Waals surface area contributed by atoms with Gasteiger partial charge in [-0.2, -0.15) is 0 Å². The van der Waals surface area contributed by atoms with E-state index in [9.17, 15) is 4.79 Å². The summed E-state index contributed by atoms with van der Waals surface area (Å²) in [5.74, 6) is -0.202. The molecule has 1 aliphatic rings. The predicted molar refractivity (Wildman–Crippen MR) is 64.9 cm³/mol. The van der Waals surface area contributed by atoms with E-state index in [1.165, 1.54) is 10.4 Å². The standard InChI is InChI=1S/C12H17NO2S/c1-12(2,3)15-11(14)10-6-8-7-13-5-4-9(8)16-10/h6,13H,4-5,7H2,1-3H3. The van der Waals surface area contributed by atoms with Gasteiger partial charge in [0, 0.05) is 18.0 Å². The molecule has 0 radical (unpaired) electrons. The van der Waals surface area contributed by atoms with Crippen molar-refractivity contribution in [2.24, 2.45) is 0 Å². The molecule has 0 bridgehead atoms. The van der Waals surface area contributed by atoms with Gasteiger partial charge in [0.05, 0.1) is 0 Å². The van der Waals surface area contributed by atoms with Crippen LogP contribution in [0.4, 0.5) is 0 Å². The topological polar surface area (TPSA) is 38.3 Å². The number of ether oxygens (including phenoxy) is 1. The second-order valence-electron chi connectivity index (χ2n) is 4.99. The van der Waals surface area contributed by atoms with E-state index in [0.29, 0.717) is 0 Å². The Kier molecular flexibility index (Phi) is 3.04. The second kappa shape index (κ2) is 4.18. The van der Waals surface area contributed by atoms with Gasteiger partial charge < -0.3 is 10.1 Å². The van der Waals surface area contributed by atoms with E-state index >= 15 is 0 Å². The zero-order valence-electron chi connectivity index (χ0n) is 9.92. The normalized spacial score (nSPS) is 15.7. The van der Waals surface area contributed by atoms with E-state index in [2.05, 4.69) is 5.32 Å². The zero-order valence-corrected chi connectivity index (χ0v) is 10.7. The Morgan fingerprint density at radius 3 is 2.88 bits per heavy atom. The first-order valence-electron chi connectivity index (χ1n) is 5.51. The maximum Gasteiger partial charge on any atom is 0.348 e. The lowest BCUT2D eigenvalue weighted by Gasteiger charge is -2.18. The average molecular weight is 239 g/mol. The summed E-state index contributed by atoms with van der Waals surface area (Å²) in [6.45, 7) is 7.54. The van der Waals surface area contributed by atoms with Gasteiger partial charge in [-0.25, -0.2) is 4.79 Å². The van der Waals surface area contributed by atoms with E-state index in [1.807, 2.05) is 26.8 Å². The Balaban J connectivity index is 2.15. The minimum absolute atomic E-state index is 0.202. The average Bonchev–Trinajstić information content (AvgIpc) is 2.58. The summed E-state index contributed by atoms with van der Waals surface area (Å²) in [6.07, 6.45) is 1.02. The molecule has 2 rings (SSSR count). The fourth-order valence-corrected chi connectivity index (χ4v) is 2.74. The van der Waals surface area contributed by atoms with E-state index in [0.717, 1.165) is 24.4 Å². The third-order valence-electron chi connectivity index (χ3n) is 2.34. The number of rotatable bonds is 1. The summed E-state index contributed by atoms with van der Waals surface area (Å²) in [6, 6.07) is 1.96. The molecule has 16 heavy (non-hydrogen) atoms. The highest BCUT2D eigenvalue weighted by atomic mass is 32.1. The summed E-state index contributed by atoms with van der Waals surface area (Å²) < 4.78 is 5.35. The first-order valence-corrected chi connectivity index (χ1v) is 6.33. The minimum atomic E-state index is -0.417. The zero-order chi connectivity index (χ0) is 11.8. The lowest BCUT2D eigenvalue weighted by Crippen LogP contribution is -2.23. The number of carbonyl (C=O) groups is 1. The molecule has 3 nitrogen and oxygen atoms in total. The fourth-order valence-electron chi connectivity index (χ4n) is 1.68. The highest BCUT2D eigenvalue weighted by molar-refractivity contribution is 7.14. The van der Waals surface area contributed by atoms with Crippen molar-refractivity contribution in [2.45, 2.75) is 39.3 Å². The SMILES string of the molecule is CC(C)(C)OC(=O)c1cc2c(s1)CCNC2. The molecule has 1 aliphatic heterocycles. The van der Waals surface area contributed by atoms with Crippen LogP contribution in [0.1, 0.15) is 40.9 Å². The Labute approximate surface area is 99.8 Å². The number of carbonyl (C=O) groups excluding carboxylic acids is 1. The van der Waals surface area contributed by atoms with Crippen molar-refractivity contribution < 1.29 is 9.53 Å². The van der Waals surface area contributed by atoms with Crippen molar-refractivity contribution in [3.05, 3.63) is 21.4 Å². The summed E-state index contributed by atoms with van der Waals surface area (Å²) in [5.41, 5.74) is 0.830. The Hall–Kier alpha value is -0.870. The van der Waals surface area contributed by atoms with Crippen LogP contribution in [0.15, 0.2) is 6.07 Å². The van der Waals surface area contributed by atoms with Crippen LogP contribution in [0, 0.1) is 0 Å². The molecule has 1 aromatic heterocycles.